The predicted molar refractivity (Wildman–Crippen MR) is 87.7 cm³/mol. The largest absolute Gasteiger partial charge is 0.481 e. The summed E-state index contributed by atoms with van der Waals surface area (Å²) in [5, 5.41) is 19.8. The number of aromatic nitrogens is 2. The van der Waals surface area contributed by atoms with E-state index in [0.29, 0.717) is 19.3 Å². The predicted octanol–water partition coefficient (Wildman–Crippen LogP) is -0.919. The Kier molecular flexibility index (Phi) is 7.38. The number of nitrogens with two attached hydrogens (primary N) is 2. The van der Waals surface area contributed by atoms with Crippen LogP contribution in [0.3, 0.4) is 0 Å². The van der Waals surface area contributed by atoms with Crippen molar-refractivity contribution in [1.29, 1.82) is 0 Å². The van der Waals surface area contributed by atoms with Crippen LogP contribution >= 0.6 is 0 Å². The van der Waals surface area contributed by atoms with E-state index in [0.717, 1.165) is 0 Å². The fourth-order valence-corrected chi connectivity index (χ4v) is 2.15. The average molecular weight is 355 g/mol. The first-order chi connectivity index (χ1) is 11.7. The van der Waals surface area contributed by atoms with Crippen LogP contribution in [0.25, 0.3) is 0 Å². The number of carbonyl (C=O) groups excluding carboxylic acids is 1. The van der Waals surface area contributed by atoms with E-state index in [4.69, 9.17) is 21.7 Å². The molecule has 1 rings (SSSR count). The van der Waals surface area contributed by atoms with E-state index in [1.165, 1.54) is 0 Å². The van der Waals surface area contributed by atoms with Crippen LogP contribution in [0.4, 0.5) is 11.8 Å². The average Bonchev–Trinajstić information content (AvgIpc) is 2.49. The Morgan fingerprint density at radius 2 is 1.84 bits per heavy atom. The molecule has 0 radical (unpaired) electrons. The van der Waals surface area contributed by atoms with Crippen LogP contribution in [0.5, 0.6) is 0 Å². The van der Waals surface area contributed by atoms with E-state index in [1.807, 2.05) is 0 Å². The number of nitrogens with one attached hydrogen (secondary N) is 2. The van der Waals surface area contributed by atoms with Gasteiger partial charge in [-0.2, -0.15) is 4.98 Å². The second-order valence-electron chi connectivity index (χ2n) is 5.41. The van der Waals surface area contributed by atoms with Gasteiger partial charge < -0.3 is 27.0 Å². The van der Waals surface area contributed by atoms with Gasteiger partial charge in [-0.3, -0.25) is 19.4 Å². The molecule has 0 saturated heterocycles. The molecule has 1 amide bonds. The second-order valence-corrected chi connectivity index (χ2v) is 5.41. The monoisotopic (exact) mass is 355 g/mol. The zero-order valence-corrected chi connectivity index (χ0v) is 13.4. The minimum atomic E-state index is -1.29. The molecule has 11 heteroatoms. The number of amides is 1. The number of hydrogen-bond acceptors (Lipinski definition) is 7. The lowest BCUT2D eigenvalue weighted by Crippen LogP contribution is -2.41. The summed E-state index contributed by atoms with van der Waals surface area (Å²) in [5.41, 5.74) is 10.8. The highest BCUT2D eigenvalue weighted by Gasteiger charge is 2.20. The number of anilines is 2. The highest BCUT2D eigenvalue weighted by molar-refractivity contribution is 5.83. The number of hydrogen-bond donors (Lipinski definition) is 6. The van der Waals surface area contributed by atoms with Crippen molar-refractivity contribution in [2.24, 2.45) is 0 Å². The fraction of sp³-hybridized carbons (Fsp3) is 0.500. The van der Waals surface area contributed by atoms with E-state index < -0.39 is 29.4 Å². The molecule has 0 aliphatic carbocycles. The molecule has 8 N–H and O–H groups in total. The zero-order valence-electron chi connectivity index (χ0n) is 13.4. The third kappa shape index (κ3) is 6.89. The molecule has 0 unspecified atom stereocenters. The van der Waals surface area contributed by atoms with Crippen molar-refractivity contribution >= 4 is 29.6 Å². The van der Waals surface area contributed by atoms with Crippen LogP contribution in [-0.4, -0.2) is 44.1 Å². The number of aliphatic carboxylic acids is 2. The van der Waals surface area contributed by atoms with Crippen molar-refractivity contribution in [3.05, 3.63) is 15.9 Å². The number of carbonyl (C=O) groups is 3. The van der Waals surface area contributed by atoms with Gasteiger partial charge in [0.05, 0.1) is 5.56 Å². The van der Waals surface area contributed by atoms with Gasteiger partial charge in [0.1, 0.15) is 11.9 Å². The molecular weight excluding hydrogens is 334 g/mol. The smallest absolute Gasteiger partial charge is 0.326 e. The van der Waals surface area contributed by atoms with Crippen molar-refractivity contribution in [3.63, 3.8) is 0 Å². The molecule has 25 heavy (non-hydrogen) atoms. The van der Waals surface area contributed by atoms with E-state index in [1.54, 1.807) is 0 Å². The first-order valence-electron chi connectivity index (χ1n) is 7.58. The van der Waals surface area contributed by atoms with Gasteiger partial charge in [-0.25, -0.2) is 4.79 Å². The summed E-state index contributed by atoms with van der Waals surface area (Å²) in [6.45, 7) is 0. The summed E-state index contributed by atoms with van der Waals surface area (Å²) in [5.74, 6) is -2.98. The van der Waals surface area contributed by atoms with Gasteiger partial charge in [-0.05, 0) is 25.7 Å². The molecule has 0 saturated carbocycles. The van der Waals surface area contributed by atoms with Crippen molar-refractivity contribution in [2.45, 2.75) is 44.6 Å². The Hall–Kier alpha value is -3.11. The molecule has 0 fully saturated rings. The number of nitrogens with zero attached hydrogens (tertiary/aromatic N) is 1. The van der Waals surface area contributed by atoms with Crippen molar-refractivity contribution in [3.8, 4) is 0 Å². The van der Waals surface area contributed by atoms with Gasteiger partial charge >= 0.3 is 11.9 Å². The minimum absolute atomic E-state index is 0.0327. The van der Waals surface area contributed by atoms with Gasteiger partial charge in [0, 0.05) is 12.8 Å². The van der Waals surface area contributed by atoms with Gasteiger partial charge in [0.25, 0.3) is 5.56 Å². The molecule has 1 aromatic rings. The molecular formula is C14H21N5O6. The van der Waals surface area contributed by atoms with Crippen LogP contribution < -0.4 is 22.3 Å². The van der Waals surface area contributed by atoms with E-state index in [2.05, 4.69) is 15.3 Å². The lowest BCUT2D eigenvalue weighted by atomic mass is 10.1. The van der Waals surface area contributed by atoms with E-state index in [9.17, 15) is 19.2 Å². The lowest BCUT2D eigenvalue weighted by Gasteiger charge is -2.13. The van der Waals surface area contributed by atoms with Crippen molar-refractivity contribution in [1.82, 2.24) is 15.3 Å². The molecule has 11 nitrogen and oxygen atoms in total. The van der Waals surface area contributed by atoms with Crippen LogP contribution in [0, 0.1) is 0 Å². The Bertz CT molecular complexity index is 701. The zero-order chi connectivity index (χ0) is 19.0. The van der Waals surface area contributed by atoms with Crippen molar-refractivity contribution in [2.75, 3.05) is 11.5 Å². The molecule has 1 aromatic heterocycles. The second kappa shape index (κ2) is 9.25. The van der Waals surface area contributed by atoms with Gasteiger partial charge in [-0.1, -0.05) is 0 Å². The summed E-state index contributed by atoms with van der Waals surface area (Å²) in [6.07, 6.45) is 0.628. The quantitative estimate of drug-likeness (QED) is 0.287. The Balaban J connectivity index is 2.43. The van der Waals surface area contributed by atoms with Gasteiger partial charge in [0.2, 0.25) is 11.9 Å². The minimum Gasteiger partial charge on any atom is -0.481 e. The Morgan fingerprint density at radius 3 is 2.40 bits per heavy atom. The maximum atomic E-state index is 11.7. The molecule has 0 spiro atoms. The summed E-state index contributed by atoms with van der Waals surface area (Å²) in [6, 6.07) is -1.25. The lowest BCUT2D eigenvalue weighted by molar-refractivity contribution is -0.143. The highest BCUT2D eigenvalue weighted by Crippen LogP contribution is 2.09. The summed E-state index contributed by atoms with van der Waals surface area (Å²) in [4.78, 5) is 51.0. The van der Waals surface area contributed by atoms with Crippen molar-refractivity contribution < 1.29 is 24.6 Å². The fourth-order valence-electron chi connectivity index (χ4n) is 2.15. The molecule has 138 valence electrons. The molecule has 1 heterocycles. The molecule has 0 bridgehead atoms. The van der Waals surface area contributed by atoms with Crippen LogP contribution in [-0.2, 0) is 20.8 Å². The van der Waals surface area contributed by atoms with Crippen LogP contribution in [0.1, 0.15) is 37.7 Å². The number of aromatic amines is 1. The maximum absolute atomic E-state index is 11.7. The highest BCUT2D eigenvalue weighted by atomic mass is 16.4. The number of carboxylic acid groups (broad SMARTS) is 2. The first-order valence-corrected chi connectivity index (χ1v) is 7.58. The Morgan fingerprint density at radius 1 is 1.16 bits per heavy atom. The maximum Gasteiger partial charge on any atom is 0.326 e. The van der Waals surface area contributed by atoms with Gasteiger partial charge in [0.15, 0.2) is 0 Å². The number of unbranched alkanes of at least 4 members (excludes halogenated alkanes) is 1. The standard InChI is InChI=1S/C14H21N5O6/c15-11-7(12(23)19-14(16)18-11)3-1-2-4-9(20)17-8(13(24)25)5-6-10(21)22/h8H,1-6H2,(H,17,20)(H,21,22)(H,24,25)(H5,15,16,18,19,23)/t8-/m0/s1. The summed E-state index contributed by atoms with van der Waals surface area (Å²) in [7, 11) is 0. The molecule has 0 aliphatic rings. The van der Waals surface area contributed by atoms with E-state index in [-0.39, 0.29) is 36.6 Å². The first kappa shape index (κ1) is 19.9. The number of nitrogen functional groups attached to an aromatic ring is 2. The molecule has 1 atom stereocenters. The molecule has 0 aromatic carbocycles. The van der Waals surface area contributed by atoms with Gasteiger partial charge in [-0.15, -0.1) is 0 Å². The third-order valence-corrected chi connectivity index (χ3v) is 3.43. The molecule has 0 aliphatic heterocycles. The third-order valence-electron chi connectivity index (χ3n) is 3.43. The summed E-state index contributed by atoms with van der Waals surface area (Å²) < 4.78 is 0. The van der Waals surface area contributed by atoms with Crippen LogP contribution in [0.15, 0.2) is 4.79 Å². The Labute approximate surface area is 142 Å². The number of H-pyrrole nitrogens is 1. The normalized spacial score (nSPS) is 11.7. The number of carboxylic acids is 2. The summed E-state index contributed by atoms with van der Waals surface area (Å²) >= 11 is 0. The topological polar surface area (TPSA) is 201 Å². The van der Waals surface area contributed by atoms with E-state index >= 15 is 0 Å². The van der Waals surface area contributed by atoms with Crippen LogP contribution in [0.2, 0.25) is 0 Å². The SMILES string of the molecule is Nc1nc(N)c(CCCCC(=O)N[C@@H](CCC(=O)O)C(=O)O)c(=O)[nH]1. The number of rotatable bonds is 10.